The Morgan fingerprint density at radius 1 is 0.580 bits per heavy atom. The van der Waals surface area contributed by atoms with E-state index in [4.69, 9.17) is 19.4 Å². The number of carbonyl (C=O) groups excluding carboxylic acids is 2. The number of methoxy groups -OCH3 is 2. The van der Waals surface area contributed by atoms with Gasteiger partial charge in [0.05, 0.1) is 36.3 Å². The first-order valence-electron chi connectivity index (χ1n) is 15.1. The summed E-state index contributed by atoms with van der Waals surface area (Å²) in [5.41, 5.74) is 3.32. The zero-order valence-electron chi connectivity index (χ0n) is 26.3. The molecule has 8 nitrogen and oxygen atoms in total. The summed E-state index contributed by atoms with van der Waals surface area (Å²) in [6, 6.07) is 24.5. The highest BCUT2D eigenvalue weighted by Gasteiger charge is 2.46. The Morgan fingerprint density at radius 2 is 0.980 bits per heavy atom. The minimum absolute atomic E-state index is 0.290. The highest BCUT2D eigenvalue weighted by molar-refractivity contribution is 6.03. The number of esters is 2. The van der Waals surface area contributed by atoms with Crippen molar-refractivity contribution in [3.8, 4) is 11.5 Å². The van der Waals surface area contributed by atoms with Crippen molar-refractivity contribution in [2.45, 2.75) is 37.4 Å². The average molecular weight is 697 g/mol. The van der Waals surface area contributed by atoms with Gasteiger partial charge in [-0.2, -0.15) is 26.3 Å². The van der Waals surface area contributed by atoms with Crippen molar-refractivity contribution in [1.29, 1.82) is 0 Å². The Kier molecular flexibility index (Phi) is 9.12. The Hall–Kier alpha value is -5.66. The van der Waals surface area contributed by atoms with Gasteiger partial charge in [0.1, 0.15) is 11.5 Å². The number of para-hydroxylation sites is 2. The third kappa shape index (κ3) is 6.78. The molecule has 0 aliphatic heterocycles. The van der Waals surface area contributed by atoms with E-state index in [9.17, 15) is 35.9 Å². The molecule has 6 rings (SSSR count). The van der Waals surface area contributed by atoms with Gasteiger partial charge in [0.15, 0.2) is 0 Å². The molecule has 0 spiro atoms. The fourth-order valence-corrected chi connectivity index (χ4v) is 6.06. The van der Waals surface area contributed by atoms with Crippen molar-refractivity contribution in [3.63, 3.8) is 0 Å². The second-order valence-corrected chi connectivity index (χ2v) is 11.2. The second-order valence-electron chi connectivity index (χ2n) is 11.2. The molecule has 0 bridgehead atoms. The molecule has 0 saturated heterocycles. The summed E-state index contributed by atoms with van der Waals surface area (Å²) < 4.78 is 99.4. The molecule has 0 radical (unpaired) electrons. The van der Waals surface area contributed by atoms with Crippen LogP contribution >= 0.6 is 0 Å². The van der Waals surface area contributed by atoms with Crippen molar-refractivity contribution in [3.05, 3.63) is 96.1 Å². The summed E-state index contributed by atoms with van der Waals surface area (Å²) in [4.78, 5) is 33.3. The lowest BCUT2D eigenvalue weighted by atomic mass is 9.80. The molecule has 2 heterocycles. The molecule has 0 aliphatic rings. The van der Waals surface area contributed by atoms with Crippen molar-refractivity contribution >= 4 is 55.6 Å². The van der Waals surface area contributed by atoms with E-state index < -0.39 is 42.9 Å². The molecule has 0 atom stereocenters. The van der Waals surface area contributed by atoms with Gasteiger partial charge in [0.25, 0.3) is 0 Å². The fourth-order valence-electron chi connectivity index (χ4n) is 6.06. The lowest BCUT2D eigenvalue weighted by molar-refractivity contribution is -0.241. The maximum Gasteiger partial charge on any atom is 0.491 e. The highest BCUT2D eigenvalue weighted by Crippen LogP contribution is 2.45. The van der Waals surface area contributed by atoms with E-state index >= 15 is 0 Å². The van der Waals surface area contributed by atoms with Gasteiger partial charge in [-0.25, -0.2) is 19.6 Å². The van der Waals surface area contributed by atoms with Gasteiger partial charge in [0.2, 0.25) is 6.29 Å². The van der Waals surface area contributed by atoms with Crippen LogP contribution in [-0.2, 0) is 19.1 Å². The van der Waals surface area contributed by atoms with Crippen LogP contribution in [0.15, 0.2) is 84.9 Å². The largest absolute Gasteiger partial charge is 0.497 e. The number of benzene rings is 4. The molecule has 0 amide bonds. The predicted octanol–water partition coefficient (Wildman–Crippen LogP) is 8.56. The number of halogens is 6. The third-order valence-electron chi connectivity index (χ3n) is 8.19. The SMILES string of the molecule is COc1ccc2nc3ccccc3c(C(CCC(OC(=O)C(F)(F)F)OC(=O)C(F)(F)F)c3c4ccccc4nc4ccc(OC)cc34)c2c1. The number of pyridine rings is 2. The number of carbonyl (C=O) groups is 2. The van der Waals surface area contributed by atoms with Crippen LogP contribution in [-0.4, -0.2) is 54.8 Å². The van der Waals surface area contributed by atoms with Gasteiger partial charge >= 0.3 is 24.3 Å². The van der Waals surface area contributed by atoms with Crippen LogP contribution in [0.2, 0.25) is 0 Å². The Balaban J connectivity index is 1.65. The summed E-state index contributed by atoms with van der Waals surface area (Å²) in [5.74, 6) is -5.60. The first-order valence-corrected chi connectivity index (χ1v) is 15.1. The number of nitrogens with zero attached hydrogens (tertiary/aromatic N) is 2. The smallest absolute Gasteiger partial charge is 0.491 e. The highest BCUT2D eigenvalue weighted by atomic mass is 19.4. The van der Waals surface area contributed by atoms with Crippen molar-refractivity contribution < 1.29 is 54.9 Å². The van der Waals surface area contributed by atoms with E-state index in [2.05, 4.69) is 9.47 Å². The number of rotatable bonds is 9. The van der Waals surface area contributed by atoms with Crippen LogP contribution < -0.4 is 9.47 Å². The second kappa shape index (κ2) is 13.3. The molecule has 0 unspecified atom stereocenters. The summed E-state index contributed by atoms with van der Waals surface area (Å²) in [6.07, 6.45) is -14.8. The van der Waals surface area contributed by atoms with Crippen LogP contribution in [0, 0.1) is 0 Å². The Labute approximate surface area is 279 Å². The molecule has 14 heteroatoms. The number of fused-ring (bicyclic) bond motifs is 4. The van der Waals surface area contributed by atoms with Gasteiger partial charge in [-0.15, -0.1) is 0 Å². The van der Waals surface area contributed by atoms with Crippen LogP contribution in [0.4, 0.5) is 26.3 Å². The number of alkyl halides is 6. The van der Waals surface area contributed by atoms with E-state index in [0.29, 0.717) is 66.2 Å². The molecule has 0 saturated carbocycles. The van der Waals surface area contributed by atoms with Crippen LogP contribution in [0.1, 0.15) is 29.9 Å². The van der Waals surface area contributed by atoms with Crippen LogP contribution in [0.3, 0.4) is 0 Å². The molecule has 50 heavy (non-hydrogen) atoms. The topological polar surface area (TPSA) is 96.8 Å². The normalized spacial score (nSPS) is 12.3. The van der Waals surface area contributed by atoms with Crippen LogP contribution in [0.5, 0.6) is 11.5 Å². The summed E-state index contributed by atoms with van der Waals surface area (Å²) in [5, 5.41) is 2.37. The quantitative estimate of drug-likeness (QED) is 0.0642. The van der Waals surface area contributed by atoms with Gasteiger partial charge in [-0.05, 0) is 66.1 Å². The van der Waals surface area contributed by atoms with Gasteiger partial charge in [-0.3, -0.25) is 0 Å². The molecular weight excluding hydrogens is 670 g/mol. The average Bonchev–Trinajstić information content (AvgIpc) is 3.09. The third-order valence-corrected chi connectivity index (χ3v) is 8.19. The van der Waals surface area contributed by atoms with Gasteiger partial charge in [0, 0.05) is 33.9 Å². The zero-order chi connectivity index (χ0) is 35.8. The van der Waals surface area contributed by atoms with Gasteiger partial charge in [-0.1, -0.05) is 36.4 Å². The van der Waals surface area contributed by atoms with E-state index in [0.717, 1.165) is 0 Å². The first kappa shape index (κ1) is 34.2. The summed E-state index contributed by atoms with van der Waals surface area (Å²) >= 11 is 0. The first-order chi connectivity index (χ1) is 23.8. The number of aromatic nitrogens is 2. The molecule has 4 aromatic carbocycles. The van der Waals surface area contributed by atoms with Crippen molar-refractivity contribution in [2.24, 2.45) is 0 Å². The Bertz CT molecular complexity index is 2100. The zero-order valence-corrected chi connectivity index (χ0v) is 26.3. The molecule has 0 N–H and O–H groups in total. The fraction of sp³-hybridized carbons (Fsp3) is 0.222. The summed E-state index contributed by atoms with van der Waals surface area (Å²) in [6.45, 7) is 0. The van der Waals surface area contributed by atoms with E-state index in [1.165, 1.54) is 14.2 Å². The standard InChI is InChI=1S/C36H26F6N2O6/c1-47-19-11-14-28-24(17-19)31(21-7-3-5-9-26(21)43-28)23(13-16-30(49-33(45)35(37,38)39)50-34(46)36(40,41)42)32-22-8-4-6-10-27(22)44-29-15-12-20(48-2)18-25(29)32/h3-12,14-15,17-18,23,30H,13,16H2,1-2H3. The molecule has 258 valence electrons. The van der Waals surface area contributed by atoms with E-state index in [-0.39, 0.29) is 6.42 Å². The minimum atomic E-state index is -5.58. The molecular formula is C36H26F6N2O6. The number of hydrogen-bond acceptors (Lipinski definition) is 8. The Morgan fingerprint density at radius 3 is 1.38 bits per heavy atom. The maximum absolute atomic E-state index is 13.3. The lowest BCUT2D eigenvalue weighted by Crippen LogP contribution is -2.36. The van der Waals surface area contributed by atoms with Crippen molar-refractivity contribution in [1.82, 2.24) is 9.97 Å². The minimum Gasteiger partial charge on any atom is -0.497 e. The van der Waals surface area contributed by atoms with Crippen molar-refractivity contribution in [2.75, 3.05) is 14.2 Å². The van der Waals surface area contributed by atoms with Gasteiger partial charge < -0.3 is 18.9 Å². The molecule has 0 aliphatic carbocycles. The molecule has 6 aromatic rings. The van der Waals surface area contributed by atoms with Crippen LogP contribution in [0.25, 0.3) is 43.6 Å². The predicted molar refractivity (Wildman–Crippen MR) is 171 cm³/mol. The lowest BCUT2D eigenvalue weighted by Gasteiger charge is -2.27. The van der Waals surface area contributed by atoms with E-state index in [1.54, 1.807) is 84.9 Å². The monoisotopic (exact) mass is 696 g/mol. The molecule has 2 aromatic heterocycles. The number of ether oxygens (including phenoxy) is 4. The van der Waals surface area contributed by atoms with E-state index in [1.807, 2.05) is 0 Å². The maximum atomic E-state index is 13.3. The number of hydrogen-bond donors (Lipinski definition) is 0. The molecule has 0 fully saturated rings. The summed E-state index contributed by atoms with van der Waals surface area (Å²) in [7, 11) is 2.94.